The summed E-state index contributed by atoms with van der Waals surface area (Å²) in [5.74, 6) is 1.50. The molecule has 1 aliphatic carbocycles. The first kappa shape index (κ1) is 17.8. The van der Waals surface area contributed by atoms with E-state index in [0.29, 0.717) is 12.3 Å². The molecule has 0 aromatic heterocycles. The summed E-state index contributed by atoms with van der Waals surface area (Å²) in [6.45, 7) is 7.08. The Balaban J connectivity index is 1.72. The molecule has 0 unspecified atom stereocenters. The summed E-state index contributed by atoms with van der Waals surface area (Å²) in [5, 5.41) is 0. The Morgan fingerprint density at radius 2 is 1.91 bits per heavy atom. The highest BCUT2D eigenvalue weighted by Gasteiger charge is 2.24. The van der Waals surface area contributed by atoms with Gasteiger partial charge in [0.1, 0.15) is 11.9 Å². The van der Waals surface area contributed by atoms with Crippen LogP contribution >= 0.6 is 0 Å². The molecule has 0 radical (unpaired) electrons. The normalized spacial score (nSPS) is 21.0. The van der Waals surface area contributed by atoms with Crippen LogP contribution in [0.2, 0.25) is 0 Å². The lowest BCUT2D eigenvalue weighted by Crippen LogP contribution is -2.26. The average molecular weight is 318 g/mol. The molecule has 1 aliphatic rings. The molecule has 0 spiro atoms. The number of esters is 1. The molecule has 0 aliphatic heterocycles. The van der Waals surface area contributed by atoms with Gasteiger partial charge >= 0.3 is 5.97 Å². The molecule has 0 heterocycles. The van der Waals surface area contributed by atoms with Gasteiger partial charge in [-0.05, 0) is 74.6 Å². The van der Waals surface area contributed by atoms with Crippen LogP contribution in [0.25, 0.3) is 0 Å². The average Bonchev–Trinajstić information content (AvgIpc) is 2.54. The van der Waals surface area contributed by atoms with Crippen molar-refractivity contribution < 1.29 is 14.3 Å². The Labute approximate surface area is 140 Å². The Kier molecular flexibility index (Phi) is 6.94. The van der Waals surface area contributed by atoms with Gasteiger partial charge in [-0.15, -0.1) is 0 Å². The van der Waals surface area contributed by atoms with Gasteiger partial charge in [0, 0.05) is 6.42 Å². The minimum Gasteiger partial charge on any atom is -0.493 e. The summed E-state index contributed by atoms with van der Waals surface area (Å²) in [6.07, 6.45) is 6.68. The van der Waals surface area contributed by atoms with E-state index in [1.165, 1.54) is 11.1 Å². The van der Waals surface area contributed by atoms with Crippen molar-refractivity contribution in [1.29, 1.82) is 0 Å². The summed E-state index contributed by atoms with van der Waals surface area (Å²) >= 11 is 0. The summed E-state index contributed by atoms with van der Waals surface area (Å²) in [7, 11) is 0. The van der Waals surface area contributed by atoms with Crippen molar-refractivity contribution in [3.05, 3.63) is 29.3 Å². The summed E-state index contributed by atoms with van der Waals surface area (Å²) in [5.41, 5.74) is 2.68. The second kappa shape index (κ2) is 8.95. The van der Waals surface area contributed by atoms with E-state index >= 15 is 0 Å². The van der Waals surface area contributed by atoms with Gasteiger partial charge in [-0.3, -0.25) is 4.79 Å². The van der Waals surface area contributed by atoms with Gasteiger partial charge in [0.25, 0.3) is 0 Å². The zero-order valence-corrected chi connectivity index (χ0v) is 14.8. The number of aryl methyl sites for hydroxylation is 2. The van der Waals surface area contributed by atoms with Gasteiger partial charge < -0.3 is 9.47 Å². The molecule has 0 amide bonds. The molecule has 0 saturated heterocycles. The number of carbonyl (C=O) groups is 1. The highest BCUT2D eigenvalue weighted by molar-refractivity contribution is 5.69. The lowest BCUT2D eigenvalue weighted by molar-refractivity contribution is -0.151. The number of rotatable bonds is 7. The Morgan fingerprint density at radius 1 is 1.17 bits per heavy atom. The predicted molar refractivity (Wildman–Crippen MR) is 92.8 cm³/mol. The Hall–Kier alpha value is -1.51. The SMILES string of the molecule is CCCC(=O)OC1CCC(COc2ccc(CC)c(C)c2)CC1. The molecule has 3 nitrogen and oxygen atoms in total. The third-order valence-corrected chi connectivity index (χ3v) is 4.73. The molecule has 0 atom stereocenters. The highest BCUT2D eigenvalue weighted by atomic mass is 16.5. The maximum Gasteiger partial charge on any atom is 0.306 e. The topological polar surface area (TPSA) is 35.5 Å². The van der Waals surface area contributed by atoms with Crippen molar-refractivity contribution >= 4 is 5.97 Å². The number of benzene rings is 1. The molecule has 0 bridgehead atoms. The van der Waals surface area contributed by atoms with Crippen LogP contribution in [0.15, 0.2) is 18.2 Å². The number of ether oxygens (including phenoxy) is 2. The molecule has 1 fully saturated rings. The van der Waals surface area contributed by atoms with Gasteiger partial charge in [-0.1, -0.05) is 19.9 Å². The molecular weight excluding hydrogens is 288 g/mol. The maximum atomic E-state index is 11.5. The van der Waals surface area contributed by atoms with Crippen molar-refractivity contribution in [3.8, 4) is 5.75 Å². The lowest BCUT2D eigenvalue weighted by atomic mass is 9.88. The van der Waals surface area contributed by atoms with Gasteiger partial charge in [-0.2, -0.15) is 0 Å². The third kappa shape index (κ3) is 5.56. The second-order valence-electron chi connectivity index (χ2n) is 6.64. The van der Waals surface area contributed by atoms with Crippen LogP contribution in [0.5, 0.6) is 5.75 Å². The van der Waals surface area contributed by atoms with E-state index in [0.717, 1.165) is 50.9 Å². The van der Waals surface area contributed by atoms with Crippen LogP contribution < -0.4 is 4.74 Å². The fourth-order valence-electron chi connectivity index (χ4n) is 3.23. The molecule has 23 heavy (non-hydrogen) atoms. The largest absolute Gasteiger partial charge is 0.493 e. The van der Waals surface area contributed by atoms with Crippen LogP contribution in [0, 0.1) is 12.8 Å². The Bertz CT molecular complexity index is 502. The molecule has 2 rings (SSSR count). The van der Waals surface area contributed by atoms with E-state index in [4.69, 9.17) is 9.47 Å². The number of carbonyl (C=O) groups excluding carboxylic acids is 1. The first-order valence-corrected chi connectivity index (χ1v) is 9.04. The van der Waals surface area contributed by atoms with Gasteiger partial charge in [0.2, 0.25) is 0 Å². The van der Waals surface area contributed by atoms with Gasteiger partial charge in [0.05, 0.1) is 6.61 Å². The molecule has 0 N–H and O–H groups in total. The van der Waals surface area contributed by atoms with Crippen molar-refractivity contribution in [1.82, 2.24) is 0 Å². The fourth-order valence-corrected chi connectivity index (χ4v) is 3.23. The molecular formula is C20H30O3. The van der Waals surface area contributed by atoms with Crippen LogP contribution in [0.4, 0.5) is 0 Å². The smallest absolute Gasteiger partial charge is 0.306 e. The highest BCUT2D eigenvalue weighted by Crippen LogP contribution is 2.28. The Morgan fingerprint density at radius 3 is 2.52 bits per heavy atom. The quantitative estimate of drug-likeness (QED) is 0.675. The van der Waals surface area contributed by atoms with E-state index in [2.05, 4.69) is 32.0 Å². The van der Waals surface area contributed by atoms with E-state index in [1.54, 1.807) is 0 Å². The fraction of sp³-hybridized carbons (Fsp3) is 0.650. The molecule has 1 aromatic carbocycles. The summed E-state index contributed by atoms with van der Waals surface area (Å²) in [4.78, 5) is 11.5. The van der Waals surface area contributed by atoms with Crippen LogP contribution in [0.1, 0.15) is 63.5 Å². The van der Waals surface area contributed by atoms with E-state index in [-0.39, 0.29) is 12.1 Å². The molecule has 3 heteroatoms. The predicted octanol–water partition coefficient (Wildman–Crippen LogP) is 4.84. The summed E-state index contributed by atoms with van der Waals surface area (Å²) < 4.78 is 11.5. The van der Waals surface area contributed by atoms with Crippen LogP contribution in [0.3, 0.4) is 0 Å². The zero-order valence-electron chi connectivity index (χ0n) is 14.8. The summed E-state index contributed by atoms with van der Waals surface area (Å²) in [6, 6.07) is 6.37. The minimum absolute atomic E-state index is 0.0429. The van der Waals surface area contributed by atoms with Crippen LogP contribution in [-0.4, -0.2) is 18.7 Å². The molecule has 128 valence electrons. The maximum absolute atomic E-state index is 11.5. The van der Waals surface area contributed by atoms with E-state index < -0.39 is 0 Å². The van der Waals surface area contributed by atoms with Crippen molar-refractivity contribution in [3.63, 3.8) is 0 Å². The zero-order chi connectivity index (χ0) is 16.7. The monoisotopic (exact) mass is 318 g/mol. The first-order chi connectivity index (χ1) is 11.1. The van der Waals surface area contributed by atoms with E-state index in [1.807, 2.05) is 6.92 Å². The van der Waals surface area contributed by atoms with Gasteiger partial charge in [-0.25, -0.2) is 0 Å². The number of hydrogen-bond donors (Lipinski definition) is 0. The first-order valence-electron chi connectivity index (χ1n) is 9.04. The van der Waals surface area contributed by atoms with Crippen molar-refractivity contribution in [2.75, 3.05) is 6.61 Å². The number of hydrogen-bond acceptors (Lipinski definition) is 3. The molecule has 1 saturated carbocycles. The van der Waals surface area contributed by atoms with Crippen LogP contribution in [-0.2, 0) is 16.0 Å². The van der Waals surface area contributed by atoms with E-state index in [9.17, 15) is 4.79 Å². The standard InChI is InChI=1S/C20H30O3/c1-4-6-20(21)23-18-10-7-16(8-11-18)14-22-19-12-9-17(5-2)15(3)13-19/h9,12-13,16,18H,4-8,10-11,14H2,1-3H3. The van der Waals surface area contributed by atoms with Gasteiger partial charge in [0.15, 0.2) is 0 Å². The van der Waals surface area contributed by atoms with Crippen molar-refractivity contribution in [2.24, 2.45) is 5.92 Å². The lowest BCUT2D eigenvalue weighted by Gasteiger charge is -2.28. The molecule has 1 aromatic rings. The second-order valence-corrected chi connectivity index (χ2v) is 6.64. The minimum atomic E-state index is -0.0429. The van der Waals surface area contributed by atoms with Crippen molar-refractivity contribution in [2.45, 2.75) is 71.8 Å². The third-order valence-electron chi connectivity index (χ3n) is 4.73.